The minimum atomic E-state index is -0.518. The van der Waals surface area contributed by atoms with E-state index < -0.39 is 5.60 Å². The molecule has 29 heavy (non-hydrogen) atoms. The number of aromatic nitrogens is 3. The van der Waals surface area contributed by atoms with Gasteiger partial charge in [0, 0.05) is 43.5 Å². The quantitative estimate of drug-likeness (QED) is 0.737. The fourth-order valence-electron chi connectivity index (χ4n) is 4.11. The predicted octanol–water partition coefficient (Wildman–Crippen LogP) is 3.35. The van der Waals surface area contributed by atoms with Gasteiger partial charge in [-0.3, -0.25) is 4.57 Å². The van der Waals surface area contributed by atoms with E-state index in [1.807, 2.05) is 25.7 Å². The third-order valence-electron chi connectivity index (χ3n) is 5.32. The second-order valence-corrected chi connectivity index (χ2v) is 8.65. The molecule has 154 valence electrons. The molecule has 4 rings (SSSR count). The van der Waals surface area contributed by atoms with Gasteiger partial charge in [0.2, 0.25) is 0 Å². The lowest BCUT2D eigenvalue weighted by Crippen LogP contribution is -2.50. The molecule has 2 bridgehead atoms. The molecule has 2 aromatic rings. The predicted molar refractivity (Wildman–Crippen MR) is 105 cm³/mol. The Kier molecular flexibility index (Phi) is 5.02. The Bertz CT molecular complexity index is 859. The van der Waals surface area contributed by atoms with E-state index in [-0.39, 0.29) is 30.3 Å². The zero-order chi connectivity index (χ0) is 20.6. The van der Waals surface area contributed by atoms with E-state index in [0.29, 0.717) is 24.2 Å². The first-order chi connectivity index (χ1) is 13.8. The number of imidazole rings is 1. The van der Waals surface area contributed by atoms with Gasteiger partial charge in [-0.05, 0) is 45.7 Å². The molecule has 3 atom stereocenters. The van der Waals surface area contributed by atoms with Gasteiger partial charge in [0.15, 0.2) is 0 Å². The van der Waals surface area contributed by atoms with E-state index in [1.165, 1.54) is 6.20 Å². The minimum absolute atomic E-state index is 0.0585. The van der Waals surface area contributed by atoms with Crippen LogP contribution in [0.2, 0.25) is 0 Å². The first-order valence-electron chi connectivity index (χ1n) is 9.97. The van der Waals surface area contributed by atoms with Crippen LogP contribution in [-0.2, 0) is 9.47 Å². The number of ether oxygens (including phenoxy) is 2. The molecule has 2 saturated heterocycles. The molecule has 2 aliphatic heterocycles. The summed E-state index contributed by atoms with van der Waals surface area (Å²) in [5.41, 5.74) is -0.105. The molecular weight excluding hydrogens is 372 g/mol. The average molecular weight is 398 g/mol. The number of amides is 1. The molecule has 0 radical (unpaired) electrons. The third-order valence-corrected chi connectivity index (χ3v) is 5.32. The van der Waals surface area contributed by atoms with E-state index in [2.05, 4.69) is 9.97 Å². The molecular formula is C21H26N4O4. The van der Waals surface area contributed by atoms with Crippen LogP contribution in [0.3, 0.4) is 0 Å². The summed E-state index contributed by atoms with van der Waals surface area (Å²) < 4.78 is 13.1. The minimum Gasteiger partial charge on any atom is -0.459 e. The average Bonchev–Trinajstić information content (AvgIpc) is 3.27. The number of rotatable bonds is 3. The Hall–Kier alpha value is -2.90. The van der Waals surface area contributed by atoms with Crippen molar-refractivity contribution in [2.24, 2.45) is 0 Å². The normalized spacial score (nSPS) is 23.7. The van der Waals surface area contributed by atoms with Crippen LogP contribution in [0.1, 0.15) is 56.8 Å². The number of hydrogen-bond donors (Lipinski definition) is 0. The van der Waals surface area contributed by atoms with Gasteiger partial charge in [-0.25, -0.2) is 19.6 Å². The lowest BCUT2D eigenvalue weighted by molar-refractivity contribution is -0.0226. The van der Waals surface area contributed by atoms with Gasteiger partial charge < -0.3 is 14.4 Å². The fourth-order valence-corrected chi connectivity index (χ4v) is 4.11. The van der Waals surface area contributed by atoms with Crippen molar-refractivity contribution in [1.29, 1.82) is 0 Å². The van der Waals surface area contributed by atoms with Crippen LogP contribution in [-0.4, -0.2) is 55.3 Å². The first kappa shape index (κ1) is 19.4. The van der Waals surface area contributed by atoms with Gasteiger partial charge in [0.25, 0.3) is 0 Å². The van der Waals surface area contributed by atoms with Crippen molar-refractivity contribution in [3.8, 4) is 5.82 Å². The number of carbonyl (C=O) groups is 2. The molecule has 0 N–H and O–H groups in total. The van der Waals surface area contributed by atoms with Crippen LogP contribution in [0.5, 0.6) is 0 Å². The smallest absolute Gasteiger partial charge is 0.410 e. The molecule has 2 aliphatic rings. The Balaban J connectivity index is 1.37. The number of esters is 1. The summed E-state index contributed by atoms with van der Waals surface area (Å²) in [7, 11) is 0. The molecule has 2 fully saturated rings. The molecule has 1 unspecified atom stereocenters. The summed E-state index contributed by atoms with van der Waals surface area (Å²) in [6.45, 7) is 5.61. The largest absolute Gasteiger partial charge is 0.459 e. The maximum Gasteiger partial charge on any atom is 0.410 e. The van der Waals surface area contributed by atoms with Crippen LogP contribution in [0.25, 0.3) is 5.82 Å². The number of nitrogens with zero attached hydrogens (tertiary/aromatic N) is 4. The summed E-state index contributed by atoms with van der Waals surface area (Å²) in [4.78, 5) is 35.2. The molecule has 8 heteroatoms. The topological polar surface area (TPSA) is 86.5 Å². The van der Waals surface area contributed by atoms with E-state index in [9.17, 15) is 9.59 Å². The van der Waals surface area contributed by atoms with Crippen LogP contribution in [0, 0.1) is 0 Å². The molecule has 0 aromatic carbocycles. The van der Waals surface area contributed by atoms with Crippen molar-refractivity contribution >= 4 is 12.1 Å². The number of piperidine rings is 1. The van der Waals surface area contributed by atoms with E-state index >= 15 is 0 Å². The number of fused-ring (bicyclic) bond motifs is 2. The highest BCUT2D eigenvalue weighted by molar-refractivity contribution is 5.89. The van der Waals surface area contributed by atoms with Gasteiger partial charge in [0.1, 0.15) is 23.9 Å². The van der Waals surface area contributed by atoms with Gasteiger partial charge >= 0.3 is 12.1 Å². The summed E-state index contributed by atoms with van der Waals surface area (Å²) >= 11 is 0. The Morgan fingerprint density at radius 3 is 2.41 bits per heavy atom. The SMILES string of the molecule is CC(C)(C)OC(=O)N1[C@@H]2CC[C@H]1CC(OC(=O)c1ccc(-n3ccnc3)nc1)C2. The Labute approximate surface area is 169 Å². The van der Waals surface area contributed by atoms with Crippen LogP contribution >= 0.6 is 0 Å². The number of hydrogen-bond acceptors (Lipinski definition) is 6. The van der Waals surface area contributed by atoms with Gasteiger partial charge in [-0.15, -0.1) is 0 Å². The Morgan fingerprint density at radius 1 is 1.14 bits per heavy atom. The summed E-state index contributed by atoms with van der Waals surface area (Å²) in [5.74, 6) is 0.299. The van der Waals surface area contributed by atoms with E-state index in [0.717, 1.165) is 12.8 Å². The van der Waals surface area contributed by atoms with Crippen LogP contribution in [0.4, 0.5) is 4.79 Å². The van der Waals surface area contributed by atoms with Crippen molar-refractivity contribution in [2.45, 2.75) is 70.2 Å². The molecule has 0 spiro atoms. The maximum atomic E-state index is 12.6. The van der Waals surface area contributed by atoms with Crippen molar-refractivity contribution in [3.05, 3.63) is 42.6 Å². The van der Waals surface area contributed by atoms with E-state index in [1.54, 1.807) is 35.4 Å². The maximum absolute atomic E-state index is 12.6. The Morgan fingerprint density at radius 2 is 1.86 bits per heavy atom. The highest BCUT2D eigenvalue weighted by Crippen LogP contribution is 2.38. The highest BCUT2D eigenvalue weighted by Gasteiger charge is 2.46. The van der Waals surface area contributed by atoms with Crippen molar-refractivity contribution < 1.29 is 19.1 Å². The highest BCUT2D eigenvalue weighted by atomic mass is 16.6. The zero-order valence-corrected chi connectivity index (χ0v) is 16.9. The summed E-state index contributed by atoms with van der Waals surface area (Å²) in [6, 6.07) is 3.58. The van der Waals surface area contributed by atoms with Crippen molar-refractivity contribution in [3.63, 3.8) is 0 Å². The summed E-state index contributed by atoms with van der Waals surface area (Å²) in [6.07, 6.45) is 9.26. The van der Waals surface area contributed by atoms with Gasteiger partial charge in [-0.2, -0.15) is 0 Å². The molecule has 4 heterocycles. The van der Waals surface area contributed by atoms with Crippen LogP contribution < -0.4 is 0 Å². The standard InChI is InChI=1S/C21H26N4O4/c1-21(2,3)29-20(27)25-15-5-6-16(25)11-17(10-15)28-19(26)14-4-7-18(23-12-14)24-9-8-22-13-24/h4,7-9,12-13,15-17H,5-6,10-11H2,1-3H3/t15-,16+,17?. The molecule has 1 amide bonds. The van der Waals surface area contributed by atoms with Gasteiger partial charge in [0.05, 0.1) is 5.56 Å². The lowest BCUT2D eigenvalue weighted by Gasteiger charge is -2.39. The second-order valence-electron chi connectivity index (χ2n) is 8.65. The van der Waals surface area contributed by atoms with Crippen molar-refractivity contribution in [2.75, 3.05) is 0 Å². The lowest BCUT2D eigenvalue weighted by atomic mass is 10.00. The third kappa shape index (κ3) is 4.26. The monoisotopic (exact) mass is 398 g/mol. The molecule has 2 aromatic heterocycles. The zero-order valence-electron chi connectivity index (χ0n) is 16.9. The summed E-state index contributed by atoms with van der Waals surface area (Å²) in [5, 5.41) is 0. The van der Waals surface area contributed by atoms with E-state index in [4.69, 9.17) is 9.47 Å². The van der Waals surface area contributed by atoms with Gasteiger partial charge in [-0.1, -0.05) is 0 Å². The fraction of sp³-hybridized carbons (Fsp3) is 0.524. The van der Waals surface area contributed by atoms with Crippen LogP contribution in [0.15, 0.2) is 37.1 Å². The first-order valence-corrected chi connectivity index (χ1v) is 9.97. The molecule has 0 aliphatic carbocycles. The number of carbonyl (C=O) groups excluding carboxylic acids is 2. The second kappa shape index (κ2) is 7.50. The molecule has 0 saturated carbocycles. The number of pyridine rings is 1. The molecule has 8 nitrogen and oxygen atoms in total. The van der Waals surface area contributed by atoms with Crippen molar-refractivity contribution in [1.82, 2.24) is 19.4 Å².